The largest absolute Gasteiger partial charge is 0.489 e. The molecule has 1 fully saturated rings. The van der Waals surface area contributed by atoms with Crippen molar-refractivity contribution in [1.82, 2.24) is 4.98 Å². The predicted molar refractivity (Wildman–Crippen MR) is 78.5 cm³/mol. The van der Waals surface area contributed by atoms with Gasteiger partial charge in [0.2, 0.25) is 0 Å². The highest BCUT2D eigenvalue weighted by molar-refractivity contribution is 9.09. The molecule has 2 atom stereocenters. The van der Waals surface area contributed by atoms with Crippen LogP contribution in [0.5, 0.6) is 5.75 Å². The van der Waals surface area contributed by atoms with E-state index in [-0.39, 0.29) is 6.10 Å². The number of halogens is 1. The van der Waals surface area contributed by atoms with Crippen LogP contribution in [0.3, 0.4) is 0 Å². The van der Waals surface area contributed by atoms with Gasteiger partial charge in [-0.3, -0.25) is 4.98 Å². The molecule has 0 amide bonds. The second-order valence-corrected chi connectivity index (χ2v) is 6.73. The number of nitrogens with zero attached hydrogens (tertiary/aromatic N) is 1. The molecule has 1 aromatic heterocycles. The first-order valence-corrected chi connectivity index (χ1v) is 7.82. The zero-order chi connectivity index (χ0) is 13.0. The van der Waals surface area contributed by atoms with Gasteiger partial charge < -0.3 is 4.74 Å². The molecule has 1 aromatic rings. The minimum absolute atomic E-state index is 0.208. The summed E-state index contributed by atoms with van der Waals surface area (Å²) in [5.41, 5.74) is 1.33. The predicted octanol–water partition coefficient (Wildman–Crippen LogP) is 4.68. The van der Waals surface area contributed by atoms with E-state index in [4.69, 9.17) is 4.74 Å². The van der Waals surface area contributed by atoms with Crippen LogP contribution in [-0.2, 0) is 0 Å². The van der Waals surface area contributed by atoms with Crippen LogP contribution in [0.2, 0.25) is 0 Å². The van der Waals surface area contributed by atoms with E-state index in [1.54, 1.807) is 0 Å². The van der Waals surface area contributed by atoms with Crippen LogP contribution >= 0.6 is 15.9 Å². The molecule has 2 nitrogen and oxygen atoms in total. The number of rotatable bonds is 3. The Morgan fingerprint density at radius 2 is 2.06 bits per heavy atom. The van der Waals surface area contributed by atoms with Gasteiger partial charge in [-0.15, -0.1) is 0 Å². The Kier molecular flexibility index (Phi) is 5.04. The average Bonchev–Trinajstić information content (AvgIpc) is 2.53. The van der Waals surface area contributed by atoms with Gasteiger partial charge in [-0.25, -0.2) is 0 Å². The van der Waals surface area contributed by atoms with E-state index in [0.29, 0.717) is 10.7 Å². The van der Waals surface area contributed by atoms with Gasteiger partial charge in [-0.05, 0) is 50.7 Å². The van der Waals surface area contributed by atoms with Crippen LogP contribution in [-0.4, -0.2) is 15.9 Å². The van der Waals surface area contributed by atoms with Crippen LogP contribution in [0, 0.1) is 0 Å². The first-order chi connectivity index (χ1) is 8.65. The zero-order valence-corrected chi connectivity index (χ0v) is 12.8. The van der Waals surface area contributed by atoms with Crippen LogP contribution in [0.1, 0.15) is 57.4 Å². The monoisotopic (exact) mass is 311 g/mol. The molecule has 0 radical (unpaired) electrons. The minimum atomic E-state index is 0.208. The van der Waals surface area contributed by atoms with Crippen molar-refractivity contribution >= 4 is 15.9 Å². The van der Waals surface area contributed by atoms with Gasteiger partial charge in [-0.2, -0.15) is 0 Å². The first kappa shape index (κ1) is 13.9. The van der Waals surface area contributed by atoms with Crippen molar-refractivity contribution in [3.63, 3.8) is 0 Å². The lowest BCUT2D eigenvalue weighted by Gasteiger charge is -2.18. The molecule has 0 saturated heterocycles. The van der Waals surface area contributed by atoms with Crippen LogP contribution in [0.15, 0.2) is 18.5 Å². The molecule has 2 unspecified atom stereocenters. The maximum atomic E-state index is 5.73. The molecule has 18 heavy (non-hydrogen) atoms. The summed E-state index contributed by atoms with van der Waals surface area (Å²) in [6, 6.07) is 2.17. The fourth-order valence-corrected chi connectivity index (χ4v) is 3.37. The average molecular weight is 312 g/mol. The summed E-state index contributed by atoms with van der Waals surface area (Å²) in [6.45, 7) is 4.10. The summed E-state index contributed by atoms with van der Waals surface area (Å²) in [4.78, 5) is 4.98. The molecular weight excluding hydrogens is 290 g/mol. The molecular formula is C15H22BrNO. The van der Waals surface area contributed by atoms with E-state index < -0.39 is 0 Å². The van der Waals surface area contributed by atoms with Gasteiger partial charge in [0.15, 0.2) is 0 Å². The van der Waals surface area contributed by atoms with Crippen LogP contribution in [0.4, 0.5) is 0 Å². The Morgan fingerprint density at radius 1 is 1.28 bits per heavy atom. The summed E-state index contributed by atoms with van der Waals surface area (Å²) in [6.07, 6.45) is 10.5. The maximum Gasteiger partial charge on any atom is 0.138 e. The molecule has 0 aromatic carbocycles. The Labute approximate surface area is 118 Å². The lowest BCUT2D eigenvalue weighted by atomic mass is 9.93. The molecule has 100 valence electrons. The Bertz CT molecular complexity index is 381. The second kappa shape index (κ2) is 6.55. The van der Waals surface area contributed by atoms with Crippen molar-refractivity contribution in [3.8, 4) is 5.75 Å². The molecule has 0 N–H and O–H groups in total. The quantitative estimate of drug-likeness (QED) is 0.597. The highest BCUT2D eigenvalue weighted by Crippen LogP contribution is 2.35. The lowest BCUT2D eigenvalue weighted by Crippen LogP contribution is -2.08. The molecule has 1 saturated carbocycles. The van der Waals surface area contributed by atoms with Crippen molar-refractivity contribution in [2.75, 3.05) is 0 Å². The van der Waals surface area contributed by atoms with E-state index in [2.05, 4.69) is 27.0 Å². The normalized spacial score (nSPS) is 24.9. The van der Waals surface area contributed by atoms with Gasteiger partial charge in [0.1, 0.15) is 5.75 Å². The highest BCUT2D eigenvalue weighted by Gasteiger charge is 2.20. The summed E-state index contributed by atoms with van der Waals surface area (Å²) in [7, 11) is 0. The number of ether oxygens (including phenoxy) is 1. The summed E-state index contributed by atoms with van der Waals surface area (Å²) in [5.74, 6) is 1.53. The smallest absolute Gasteiger partial charge is 0.138 e. The molecule has 3 heteroatoms. The van der Waals surface area contributed by atoms with Gasteiger partial charge in [0.05, 0.1) is 12.3 Å². The molecule has 0 aliphatic heterocycles. The molecule has 1 heterocycles. The third-order valence-electron chi connectivity index (χ3n) is 3.44. The lowest BCUT2D eigenvalue weighted by molar-refractivity contribution is 0.241. The van der Waals surface area contributed by atoms with Crippen LogP contribution in [0.25, 0.3) is 0 Å². The fraction of sp³-hybridized carbons (Fsp3) is 0.667. The third kappa shape index (κ3) is 3.98. The number of hydrogen-bond donors (Lipinski definition) is 0. The number of aromatic nitrogens is 1. The third-order valence-corrected chi connectivity index (χ3v) is 4.27. The number of alkyl halides is 1. The van der Waals surface area contributed by atoms with E-state index in [0.717, 1.165) is 5.75 Å². The number of hydrogen-bond acceptors (Lipinski definition) is 2. The second-order valence-electron chi connectivity index (χ2n) is 5.43. The van der Waals surface area contributed by atoms with Crippen LogP contribution < -0.4 is 4.74 Å². The number of pyridine rings is 1. The van der Waals surface area contributed by atoms with E-state index in [9.17, 15) is 0 Å². The fourth-order valence-electron chi connectivity index (χ4n) is 2.60. The molecule has 1 aliphatic rings. The van der Waals surface area contributed by atoms with Gasteiger partial charge >= 0.3 is 0 Å². The standard InChI is InChI=1S/C15H22BrNO/c1-11(2)18-15-8-13(9-17-10-15)12-5-3-4-6-14(16)7-12/h8-12,14H,3-7H2,1-2H3. The Morgan fingerprint density at radius 3 is 2.83 bits per heavy atom. The van der Waals surface area contributed by atoms with E-state index >= 15 is 0 Å². The minimum Gasteiger partial charge on any atom is -0.489 e. The molecule has 2 rings (SSSR count). The van der Waals surface area contributed by atoms with Gasteiger partial charge in [-0.1, -0.05) is 28.8 Å². The summed E-state index contributed by atoms with van der Waals surface area (Å²) >= 11 is 3.78. The van der Waals surface area contributed by atoms with Gasteiger partial charge in [0, 0.05) is 11.0 Å². The van der Waals surface area contributed by atoms with Crippen molar-refractivity contribution in [2.45, 2.75) is 62.8 Å². The van der Waals surface area contributed by atoms with E-state index in [1.165, 1.54) is 37.7 Å². The van der Waals surface area contributed by atoms with Crippen molar-refractivity contribution in [2.24, 2.45) is 0 Å². The van der Waals surface area contributed by atoms with Crippen molar-refractivity contribution in [1.29, 1.82) is 0 Å². The Balaban J connectivity index is 2.11. The zero-order valence-electron chi connectivity index (χ0n) is 11.2. The topological polar surface area (TPSA) is 22.1 Å². The molecule has 1 aliphatic carbocycles. The maximum absolute atomic E-state index is 5.73. The van der Waals surface area contributed by atoms with E-state index in [1.807, 2.05) is 26.2 Å². The molecule has 0 spiro atoms. The first-order valence-electron chi connectivity index (χ1n) is 6.91. The summed E-state index contributed by atoms with van der Waals surface area (Å²) < 4.78 is 5.73. The van der Waals surface area contributed by atoms with Crippen molar-refractivity contribution < 1.29 is 4.74 Å². The summed E-state index contributed by atoms with van der Waals surface area (Å²) in [5, 5.41) is 0. The SMILES string of the molecule is CC(C)Oc1cncc(C2CCCCC(Br)C2)c1. The molecule has 0 bridgehead atoms. The highest BCUT2D eigenvalue weighted by atomic mass is 79.9. The Hall–Kier alpha value is -0.570. The van der Waals surface area contributed by atoms with Crippen molar-refractivity contribution in [3.05, 3.63) is 24.0 Å². The van der Waals surface area contributed by atoms with Gasteiger partial charge in [0.25, 0.3) is 0 Å².